The minimum Gasteiger partial charge on any atom is -0.392 e. The van der Waals surface area contributed by atoms with Gasteiger partial charge in [-0.05, 0) is 26.8 Å². The molecule has 1 fully saturated rings. The van der Waals surface area contributed by atoms with Crippen LogP contribution in [0.1, 0.15) is 19.8 Å². The van der Waals surface area contributed by atoms with Gasteiger partial charge >= 0.3 is 0 Å². The molecular formula is C8H16FNO. The van der Waals surface area contributed by atoms with Gasteiger partial charge in [0.15, 0.2) is 0 Å². The lowest BCUT2D eigenvalue weighted by Gasteiger charge is -2.19. The first kappa shape index (κ1) is 8.94. The van der Waals surface area contributed by atoms with Crippen LogP contribution in [0.3, 0.4) is 0 Å². The van der Waals surface area contributed by atoms with E-state index in [-0.39, 0.29) is 6.10 Å². The largest absolute Gasteiger partial charge is 0.392 e. The highest BCUT2D eigenvalue weighted by Gasteiger charge is 2.43. The van der Waals surface area contributed by atoms with Crippen LogP contribution < -0.4 is 0 Å². The molecule has 1 rings (SSSR count). The fraction of sp³-hybridized carbons (Fsp3) is 1.00. The molecule has 0 aromatic heterocycles. The van der Waals surface area contributed by atoms with E-state index in [2.05, 4.69) is 0 Å². The summed E-state index contributed by atoms with van der Waals surface area (Å²) in [6, 6.07) is 0. The molecule has 1 atom stereocenters. The van der Waals surface area contributed by atoms with Crippen molar-refractivity contribution in [3.63, 3.8) is 0 Å². The van der Waals surface area contributed by atoms with E-state index in [4.69, 9.17) is 5.11 Å². The van der Waals surface area contributed by atoms with Crippen molar-refractivity contribution in [1.29, 1.82) is 0 Å². The smallest absolute Gasteiger partial charge is 0.123 e. The summed E-state index contributed by atoms with van der Waals surface area (Å²) in [5.74, 6) is 0. The van der Waals surface area contributed by atoms with Gasteiger partial charge in [0.05, 0.1) is 6.10 Å². The maximum Gasteiger partial charge on any atom is 0.123 e. The third kappa shape index (κ3) is 3.16. The molecule has 0 aromatic rings. The summed E-state index contributed by atoms with van der Waals surface area (Å²) in [4.78, 5) is 1.84. The van der Waals surface area contributed by atoms with E-state index in [1.165, 1.54) is 0 Å². The fourth-order valence-corrected chi connectivity index (χ4v) is 1.29. The molecular weight excluding hydrogens is 145 g/mol. The van der Waals surface area contributed by atoms with Crippen LogP contribution in [0, 0.1) is 0 Å². The standard InChI is InChI=1S/C8H16FNO/c1-7(11)5-10(2)6-8(9)3-4-8/h7,11H,3-6H2,1-2H3/t7-/m0/s1. The van der Waals surface area contributed by atoms with Gasteiger partial charge in [-0.3, -0.25) is 0 Å². The van der Waals surface area contributed by atoms with Crippen LogP contribution in [0.4, 0.5) is 4.39 Å². The minimum absolute atomic E-state index is 0.359. The molecule has 1 aliphatic rings. The average molecular weight is 161 g/mol. The molecule has 0 aromatic carbocycles. The third-order valence-corrected chi connectivity index (χ3v) is 1.92. The number of aliphatic hydroxyl groups excluding tert-OH is 1. The highest BCUT2D eigenvalue weighted by molar-refractivity contribution is 4.96. The minimum atomic E-state index is -0.927. The van der Waals surface area contributed by atoms with Gasteiger partial charge in [0.2, 0.25) is 0 Å². The number of hydrogen-bond acceptors (Lipinski definition) is 2. The summed E-state index contributed by atoms with van der Waals surface area (Å²) in [6.07, 6.45) is 1.02. The lowest BCUT2D eigenvalue weighted by molar-refractivity contribution is 0.118. The predicted molar refractivity (Wildman–Crippen MR) is 42.3 cm³/mol. The molecule has 0 bridgehead atoms. The van der Waals surface area contributed by atoms with Crippen molar-refractivity contribution in [2.45, 2.75) is 31.5 Å². The zero-order valence-electron chi connectivity index (χ0n) is 7.18. The molecule has 11 heavy (non-hydrogen) atoms. The van der Waals surface area contributed by atoms with E-state index in [0.717, 1.165) is 0 Å². The Hall–Kier alpha value is -0.150. The number of nitrogens with zero attached hydrogens (tertiary/aromatic N) is 1. The Morgan fingerprint density at radius 3 is 2.55 bits per heavy atom. The van der Waals surface area contributed by atoms with Crippen molar-refractivity contribution < 1.29 is 9.50 Å². The van der Waals surface area contributed by atoms with Gasteiger partial charge in [0, 0.05) is 13.1 Å². The second-order valence-electron chi connectivity index (χ2n) is 3.70. The van der Waals surface area contributed by atoms with Crippen LogP contribution in [0.25, 0.3) is 0 Å². The number of likely N-dealkylation sites (N-methyl/N-ethyl adjacent to an activating group) is 1. The molecule has 0 unspecified atom stereocenters. The molecule has 1 saturated carbocycles. The summed E-state index contributed by atoms with van der Waals surface area (Å²) in [6.45, 7) is 2.75. The summed E-state index contributed by atoms with van der Waals surface area (Å²) in [7, 11) is 1.84. The van der Waals surface area contributed by atoms with E-state index < -0.39 is 5.67 Å². The lowest BCUT2D eigenvalue weighted by Crippen LogP contribution is -2.33. The van der Waals surface area contributed by atoms with Gasteiger partial charge < -0.3 is 10.0 Å². The topological polar surface area (TPSA) is 23.5 Å². The molecule has 0 aliphatic heterocycles. The Kier molecular flexibility index (Phi) is 2.50. The number of alkyl halides is 1. The average Bonchev–Trinajstić information content (AvgIpc) is 2.44. The zero-order chi connectivity index (χ0) is 8.48. The fourth-order valence-electron chi connectivity index (χ4n) is 1.29. The summed E-state index contributed by atoms with van der Waals surface area (Å²) < 4.78 is 13.1. The van der Waals surface area contributed by atoms with Gasteiger partial charge in [-0.2, -0.15) is 0 Å². The first-order chi connectivity index (χ1) is 5.02. The van der Waals surface area contributed by atoms with E-state index >= 15 is 0 Å². The van der Waals surface area contributed by atoms with Crippen molar-refractivity contribution in [3.05, 3.63) is 0 Å². The number of halogens is 1. The molecule has 66 valence electrons. The Morgan fingerprint density at radius 1 is 1.64 bits per heavy atom. The van der Waals surface area contributed by atoms with Gasteiger partial charge in [-0.1, -0.05) is 0 Å². The number of rotatable bonds is 4. The summed E-state index contributed by atoms with van der Waals surface area (Å²) >= 11 is 0. The van der Waals surface area contributed by atoms with Crippen LogP contribution in [-0.2, 0) is 0 Å². The van der Waals surface area contributed by atoms with Crippen LogP contribution in [0.5, 0.6) is 0 Å². The van der Waals surface area contributed by atoms with Gasteiger partial charge in [0.25, 0.3) is 0 Å². The lowest BCUT2D eigenvalue weighted by atomic mass is 10.3. The highest BCUT2D eigenvalue weighted by Crippen LogP contribution is 2.40. The molecule has 2 nitrogen and oxygen atoms in total. The van der Waals surface area contributed by atoms with Crippen molar-refractivity contribution in [2.75, 3.05) is 20.1 Å². The maximum absolute atomic E-state index is 13.1. The molecule has 0 amide bonds. The van der Waals surface area contributed by atoms with Crippen molar-refractivity contribution in [2.24, 2.45) is 0 Å². The second-order valence-corrected chi connectivity index (χ2v) is 3.70. The predicted octanol–water partition coefficient (Wildman–Crippen LogP) is 0.801. The van der Waals surface area contributed by atoms with Crippen LogP contribution in [0.2, 0.25) is 0 Å². The number of hydrogen-bond donors (Lipinski definition) is 1. The Bertz CT molecular complexity index is 134. The van der Waals surface area contributed by atoms with Crippen molar-refractivity contribution in [1.82, 2.24) is 4.90 Å². The van der Waals surface area contributed by atoms with Crippen LogP contribution in [0.15, 0.2) is 0 Å². The van der Waals surface area contributed by atoms with Crippen molar-refractivity contribution >= 4 is 0 Å². The normalized spacial score (nSPS) is 23.7. The van der Waals surface area contributed by atoms with Crippen LogP contribution in [-0.4, -0.2) is 41.9 Å². The monoisotopic (exact) mass is 161 g/mol. The van der Waals surface area contributed by atoms with Gasteiger partial charge in [-0.15, -0.1) is 0 Å². The molecule has 1 N–H and O–H groups in total. The van der Waals surface area contributed by atoms with Gasteiger partial charge in [-0.25, -0.2) is 4.39 Å². The first-order valence-corrected chi connectivity index (χ1v) is 4.07. The Balaban J connectivity index is 2.15. The van der Waals surface area contributed by atoms with E-state index in [1.807, 2.05) is 11.9 Å². The van der Waals surface area contributed by atoms with E-state index in [9.17, 15) is 4.39 Å². The Labute approximate surface area is 67.0 Å². The first-order valence-electron chi connectivity index (χ1n) is 4.07. The molecule has 1 aliphatic carbocycles. The molecule has 0 heterocycles. The third-order valence-electron chi connectivity index (χ3n) is 1.92. The maximum atomic E-state index is 13.1. The SMILES string of the molecule is C[C@H](O)CN(C)CC1(F)CC1. The summed E-state index contributed by atoms with van der Waals surface area (Å²) in [5, 5.41) is 8.98. The number of aliphatic hydroxyl groups is 1. The van der Waals surface area contributed by atoms with Crippen LogP contribution >= 0.6 is 0 Å². The van der Waals surface area contributed by atoms with Gasteiger partial charge in [0.1, 0.15) is 5.67 Å². The quantitative estimate of drug-likeness (QED) is 0.659. The van der Waals surface area contributed by atoms with Crippen molar-refractivity contribution in [3.8, 4) is 0 Å². The van der Waals surface area contributed by atoms with E-state index in [1.54, 1.807) is 6.92 Å². The molecule has 0 saturated heterocycles. The summed E-state index contributed by atoms with van der Waals surface area (Å²) in [5.41, 5.74) is -0.927. The molecule has 0 radical (unpaired) electrons. The highest BCUT2D eigenvalue weighted by atomic mass is 19.1. The molecule has 3 heteroatoms. The van der Waals surface area contributed by atoms with E-state index in [0.29, 0.717) is 25.9 Å². The Morgan fingerprint density at radius 2 is 2.18 bits per heavy atom. The molecule has 0 spiro atoms. The zero-order valence-corrected chi connectivity index (χ0v) is 7.18. The second kappa shape index (κ2) is 3.07.